The molecule has 1 amide bonds. The fraction of sp³-hybridized carbons (Fsp3) is 0.231. The third-order valence-electron chi connectivity index (χ3n) is 5.49. The molecule has 6 nitrogen and oxygen atoms in total. The average molecular weight is 430 g/mol. The van der Waals surface area contributed by atoms with Crippen LogP contribution in [0.5, 0.6) is 0 Å². The summed E-state index contributed by atoms with van der Waals surface area (Å²) in [6.45, 7) is 4.08. The summed E-state index contributed by atoms with van der Waals surface area (Å²) in [4.78, 5) is 26.5. The minimum absolute atomic E-state index is 0.0427. The number of carbonyl (C=O) groups is 2. The van der Waals surface area contributed by atoms with Crippen LogP contribution in [0.4, 0.5) is 5.69 Å². The highest BCUT2D eigenvalue weighted by atomic mass is 16.5. The molecule has 0 fully saturated rings. The Morgan fingerprint density at radius 2 is 1.81 bits per heavy atom. The van der Waals surface area contributed by atoms with Gasteiger partial charge in [-0.3, -0.25) is 9.69 Å². The standard InChI is InChI=1S/C26H27N3O3/c1-2-32-25(31)15-12-20-10-13-22(14-11-20)27-24(30)19-29-18-17-28-16-6-9-23(28)26(29)21-7-4-3-5-8-21/h3-16,26H,2,17-19H2,1H3,(H,27,30)/b15-12+. The Labute approximate surface area is 188 Å². The first-order chi connectivity index (χ1) is 15.6. The van der Waals surface area contributed by atoms with Gasteiger partial charge in [-0.15, -0.1) is 0 Å². The quantitative estimate of drug-likeness (QED) is 0.454. The number of nitrogens with zero attached hydrogens (tertiary/aromatic N) is 2. The third-order valence-corrected chi connectivity index (χ3v) is 5.49. The summed E-state index contributed by atoms with van der Waals surface area (Å²) in [6.07, 6.45) is 5.19. The lowest BCUT2D eigenvalue weighted by molar-refractivity contribution is -0.137. The second-order valence-corrected chi connectivity index (χ2v) is 7.67. The highest BCUT2D eigenvalue weighted by molar-refractivity contribution is 5.92. The topological polar surface area (TPSA) is 63.6 Å². The third kappa shape index (κ3) is 5.15. The van der Waals surface area contributed by atoms with Crippen LogP contribution in [0.15, 0.2) is 79.0 Å². The van der Waals surface area contributed by atoms with E-state index in [1.807, 2.05) is 42.5 Å². The second-order valence-electron chi connectivity index (χ2n) is 7.67. The van der Waals surface area contributed by atoms with Crippen LogP contribution in [0.25, 0.3) is 6.08 Å². The largest absolute Gasteiger partial charge is 0.463 e. The van der Waals surface area contributed by atoms with E-state index >= 15 is 0 Å². The molecule has 164 valence electrons. The van der Waals surface area contributed by atoms with Gasteiger partial charge in [0.1, 0.15) is 0 Å². The minimum Gasteiger partial charge on any atom is -0.463 e. The predicted octanol–water partition coefficient (Wildman–Crippen LogP) is 4.11. The van der Waals surface area contributed by atoms with Crippen molar-refractivity contribution >= 4 is 23.6 Å². The molecule has 0 aliphatic carbocycles. The lowest BCUT2D eigenvalue weighted by Gasteiger charge is -2.36. The number of anilines is 1. The van der Waals surface area contributed by atoms with Crippen LogP contribution in [0.1, 0.15) is 29.8 Å². The van der Waals surface area contributed by atoms with Crippen molar-refractivity contribution in [2.24, 2.45) is 0 Å². The molecule has 2 heterocycles. The molecule has 3 aromatic rings. The summed E-state index contributed by atoms with van der Waals surface area (Å²) >= 11 is 0. The van der Waals surface area contributed by atoms with Crippen LogP contribution in [0.3, 0.4) is 0 Å². The number of amides is 1. The van der Waals surface area contributed by atoms with Crippen LogP contribution >= 0.6 is 0 Å². The van der Waals surface area contributed by atoms with Gasteiger partial charge in [0.05, 0.1) is 19.2 Å². The molecule has 4 rings (SSSR count). The lowest BCUT2D eigenvalue weighted by Crippen LogP contribution is -2.42. The van der Waals surface area contributed by atoms with E-state index in [9.17, 15) is 9.59 Å². The maximum atomic E-state index is 12.8. The number of esters is 1. The first-order valence-electron chi connectivity index (χ1n) is 10.8. The van der Waals surface area contributed by atoms with E-state index in [1.54, 1.807) is 13.0 Å². The Morgan fingerprint density at radius 3 is 2.56 bits per heavy atom. The number of ether oxygens (including phenoxy) is 1. The van der Waals surface area contributed by atoms with Crippen molar-refractivity contribution in [2.45, 2.75) is 19.5 Å². The van der Waals surface area contributed by atoms with Gasteiger partial charge in [-0.1, -0.05) is 42.5 Å². The van der Waals surface area contributed by atoms with Gasteiger partial charge in [-0.2, -0.15) is 0 Å². The van der Waals surface area contributed by atoms with E-state index in [0.717, 1.165) is 24.3 Å². The monoisotopic (exact) mass is 429 g/mol. The number of nitrogens with one attached hydrogen (secondary N) is 1. The normalized spacial score (nSPS) is 16.0. The molecule has 1 unspecified atom stereocenters. The van der Waals surface area contributed by atoms with Crippen molar-refractivity contribution < 1.29 is 14.3 Å². The lowest BCUT2D eigenvalue weighted by atomic mass is 10.00. The van der Waals surface area contributed by atoms with Crippen LogP contribution in [-0.4, -0.2) is 41.0 Å². The summed E-state index contributed by atoms with van der Waals surface area (Å²) in [5.74, 6) is -0.425. The molecule has 0 bridgehead atoms. The molecule has 0 saturated heterocycles. The van der Waals surface area contributed by atoms with E-state index in [2.05, 4.69) is 45.2 Å². The van der Waals surface area contributed by atoms with E-state index in [-0.39, 0.29) is 17.9 Å². The predicted molar refractivity (Wildman–Crippen MR) is 125 cm³/mol. The van der Waals surface area contributed by atoms with Crippen molar-refractivity contribution in [2.75, 3.05) is 25.0 Å². The maximum Gasteiger partial charge on any atom is 0.330 e. The summed E-state index contributed by atoms with van der Waals surface area (Å²) in [5.41, 5.74) is 3.96. The maximum absolute atomic E-state index is 12.8. The van der Waals surface area contributed by atoms with E-state index in [0.29, 0.717) is 13.2 Å². The Bertz CT molecular complexity index is 1090. The molecule has 0 saturated carbocycles. The smallest absolute Gasteiger partial charge is 0.330 e. The zero-order valence-corrected chi connectivity index (χ0v) is 18.1. The van der Waals surface area contributed by atoms with Crippen LogP contribution in [0.2, 0.25) is 0 Å². The van der Waals surface area contributed by atoms with Crippen molar-refractivity contribution in [3.8, 4) is 0 Å². The number of fused-ring (bicyclic) bond motifs is 1. The number of hydrogen-bond donors (Lipinski definition) is 1. The number of hydrogen-bond acceptors (Lipinski definition) is 4. The van der Waals surface area contributed by atoms with Crippen molar-refractivity contribution in [3.63, 3.8) is 0 Å². The van der Waals surface area contributed by atoms with E-state index in [1.165, 1.54) is 17.3 Å². The summed E-state index contributed by atoms with van der Waals surface area (Å²) < 4.78 is 7.14. The van der Waals surface area contributed by atoms with E-state index < -0.39 is 0 Å². The molecule has 1 atom stereocenters. The molecule has 32 heavy (non-hydrogen) atoms. The van der Waals surface area contributed by atoms with Crippen LogP contribution < -0.4 is 5.32 Å². The van der Waals surface area contributed by atoms with Gasteiger partial charge < -0.3 is 14.6 Å². The molecule has 1 N–H and O–H groups in total. The zero-order chi connectivity index (χ0) is 22.3. The van der Waals surface area contributed by atoms with Gasteiger partial charge in [0.2, 0.25) is 5.91 Å². The van der Waals surface area contributed by atoms with Crippen LogP contribution in [-0.2, 0) is 20.9 Å². The Kier molecular flexibility index (Phi) is 6.82. The molecule has 1 aliphatic rings. The van der Waals surface area contributed by atoms with Gasteiger partial charge in [0.15, 0.2) is 0 Å². The molecule has 1 aliphatic heterocycles. The van der Waals surface area contributed by atoms with Gasteiger partial charge in [-0.05, 0) is 48.4 Å². The highest BCUT2D eigenvalue weighted by Crippen LogP contribution is 2.32. The van der Waals surface area contributed by atoms with Crippen molar-refractivity contribution in [3.05, 3.63) is 95.8 Å². The van der Waals surface area contributed by atoms with E-state index in [4.69, 9.17) is 4.74 Å². The molecule has 6 heteroatoms. The Balaban J connectivity index is 1.42. The van der Waals surface area contributed by atoms with Crippen LogP contribution in [0, 0.1) is 0 Å². The highest BCUT2D eigenvalue weighted by Gasteiger charge is 2.29. The van der Waals surface area contributed by atoms with Crippen molar-refractivity contribution in [1.82, 2.24) is 9.47 Å². The molecule has 0 spiro atoms. The average Bonchev–Trinajstić information content (AvgIpc) is 3.28. The summed E-state index contributed by atoms with van der Waals surface area (Å²) in [7, 11) is 0. The Hall–Kier alpha value is -3.64. The number of carbonyl (C=O) groups excluding carboxylic acids is 2. The molecule has 1 aromatic heterocycles. The summed E-state index contributed by atoms with van der Waals surface area (Å²) in [6, 6.07) is 21.9. The Morgan fingerprint density at radius 1 is 1.03 bits per heavy atom. The minimum atomic E-state index is -0.370. The van der Waals surface area contributed by atoms with Gasteiger partial charge in [0.25, 0.3) is 0 Å². The fourth-order valence-electron chi connectivity index (χ4n) is 4.04. The molecular formula is C26H27N3O3. The number of aromatic nitrogens is 1. The second kappa shape index (κ2) is 10.1. The zero-order valence-electron chi connectivity index (χ0n) is 18.1. The van der Waals surface area contributed by atoms with Crippen molar-refractivity contribution in [1.29, 1.82) is 0 Å². The molecule has 2 aromatic carbocycles. The first-order valence-corrected chi connectivity index (χ1v) is 10.8. The first kappa shape index (κ1) is 21.6. The van der Waals surface area contributed by atoms with Gasteiger partial charge in [-0.25, -0.2) is 4.79 Å². The number of rotatable bonds is 7. The molecular weight excluding hydrogens is 402 g/mol. The SMILES string of the molecule is CCOC(=O)/C=C/c1ccc(NC(=O)CN2CCn3cccc3C2c2ccccc2)cc1. The molecule has 0 radical (unpaired) electrons. The van der Waals surface area contributed by atoms with Gasteiger partial charge >= 0.3 is 5.97 Å². The summed E-state index contributed by atoms with van der Waals surface area (Å²) in [5, 5.41) is 2.99. The fourth-order valence-corrected chi connectivity index (χ4v) is 4.04. The number of benzene rings is 2. The van der Waals surface area contributed by atoms with Gasteiger partial charge in [0, 0.05) is 36.7 Å².